The third kappa shape index (κ3) is 9.03. The molecular formula is C31H49F. The molecule has 0 saturated heterocycles. The van der Waals surface area contributed by atoms with Gasteiger partial charge in [0.25, 0.3) is 0 Å². The summed E-state index contributed by atoms with van der Waals surface area (Å²) < 4.78 is 12.2. The van der Waals surface area contributed by atoms with Crippen LogP contribution in [0.4, 0.5) is 4.39 Å². The van der Waals surface area contributed by atoms with Crippen LogP contribution in [0.3, 0.4) is 0 Å². The van der Waals surface area contributed by atoms with E-state index < -0.39 is 0 Å². The molecule has 0 radical (unpaired) electrons. The third-order valence-corrected chi connectivity index (χ3v) is 8.43. The van der Waals surface area contributed by atoms with E-state index in [-0.39, 0.29) is 6.67 Å². The largest absolute Gasteiger partial charge is 0.251 e. The van der Waals surface area contributed by atoms with Gasteiger partial charge in [0.1, 0.15) is 0 Å². The van der Waals surface area contributed by atoms with Crippen LogP contribution in [0.2, 0.25) is 0 Å². The smallest absolute Gasteiger partial charge is 0.0928 e. The summed E-state index contributed by atoms with van der Waals surface area (Å²) in [4.78, 5) is 0. The number of hydrogen-bond acceptors (Lipinski definition) is 0. The molecule has 1 aromatic rings. The van der Waals surface area contributed by atoms with E-state index >= 15 is 0 Å². The Kier molecular flexibility index (Phi) is 11.9. The van der Waals surface area contributed by atoms with E-state index in [0.717, 1.165) is 23.7 Å². The molecule has 3 rings (SSSR count). The normalized spacial score (nSPS) is 26.6. The van der Waals surface area contributed by atoms with Crippen LogP contribution in [0.1, 0.15) is 127 Å². The lowest BCUT2D eigenvalue weighted by atomic mass is 9.74. The maximum Gasteiger partial charge on any atom is 0.0928 e. The number of allylic oxidation sites excluding steroid dienone is 2. The Labute approximate surface area is 198 Å². The van der Waals surface area contributed by atoms with Gasteiger partial charge in [-0.05, 0) is 105 Å². The molecule has 0 atom stereocenters. The van der Waals surface area contributed by atoms with Crippen molar-refractivity contribution in [3.63, 3.8) is 0 Å². The Morgan fingerprint density at radius 3 is 2.03 bits per heavy atom. The minimum absolute atomic E-state index is 0.210. The van der Waals surface area contributed by atoms with Gasteiger partial charge in [0.2, 0.25) is 0 Å². The maximum absolute atomic E-state index is 12.2. The first-order valence-corrected chi connectivity index (χ1v) is 14.1. The first-order valence-electron chi connectivity index (χ1n) is 14.1. The first kappa shape index (κ1) is 25.5. The van der Waals surface area contributed by atoms with Crippen molar-refractivity contribution in [2.75, 3.05) is 6.67 Å². The van der Waals surface area contributed by atoms with Gasteiger partial charge in [-0.3, -0.25) is 4.39 Å². The van der Waals surface area contributed by atoms with Crippen molar-refractivity contribution in [3.8, 4) is 0 Å². The molecule has 0 amide bonds. The average Bonchev–Trinajstić information content (AvgIpc) is 2.84. The number of benzene rings is 1. The highest BCUT2D eigenvalue weighted by atomic mass is 19.1. The van der Waals surface area contributed by atoms with E-state index in [1.54, 1.807) is 5.56 Å². The van der Waals surface area contributed by atoms with Crippen molar-refractivity contribution >= 4 is 0 Å². The molecule has 0 aromatic heterocycles. The van der Waals surface area contributed by atoms with Gasteiger partial charge in [-0.15, -0.1) is 0 Å². The summed E-state index contributed by atoms with van der Waals surface area (Å²) in [5, 5.41) is 0. The first-order chi connectivity index (χ1) is 15.8. The van der Waals surface area contributed by atoms with Crippen LogP contribution in [0.25, 0.3) is 0 Å². The van der Waals surface area contributed by atoms with Gasteiger partial charge >= 0.3 is 0 Å². The zero-order valence-corrected chi connectivity index (χ0v) is 20.9. The van der Waals surface area contributed by atoms with E-state index in [0.29, 0.717) is 6.42 Å². The van der Waals surface area contributed by atoms with Crippen LogP contribution < -0.4 is 0 Å². The Morgan fingerprint density at radius 2 is 1.41 bits per heavy atom. The van der Waals surface area contributed by atoms with Crippen LogP contribution in [0.15, 0.2) is 36.4 Å². The summed E-state index contributed by atoms with van der Waals surface area (Å²) in [5.41, 5.74) is 3.13. The van der Waals surface area contributed by atoms with Gasteiger partial charge in [-0.2, -0.15) is 0 Å². The maximum atomic E-state index is 12.2. The molecule has 0 unspecified atom stereocenters. The minimum Gasteiger partial charge on any atom is -0.251 e. The summed E-state index contributed by atoms with van der Waals surface area (Å²) in [6.07, 6.45) is 27.1. The molecule has 0 spiro atoms. The number of alkyl halides is 1. The van der Waals surface area contributed by atoms with E-state index in [2.05, 4.69) is 43.3 Å². The summed E-state index contributed by atoms with van der Waals surface area (Å²) in [7, 11) is 0. The van der Waals surface area contributed by atoms with Crippen LogP contribution in [-0.2, 0) is 6.42 Å². The molecule has 32 heavy (non-hydrogen) atoms. The predicted molar refractivity (Wildman–Crippen MR) is 138 cm³/mol. The van der Waals surface area contributed by atoms with Crippen LogP contribution in [-0.4, -0.2) is 6.67 Å². The Morgan fingerprint density at radius 1 is 0.781 bits per heavy atom. The van der Waals surface area contributed by atoms with Crippen LogP contribution in [0.5, 0.6) is 0 Å². The van der Waals surface area contributed by atoms with Crippen molar-refractivity contribution in [1.29, 1.82) is 0 Å². The van der Waals surface area contributed by atoms with E-state index in [9.17, 15) is 4.39 Å². The van der Waals surface area contributed by atoms with Gasteiger partial charge in [0.15, 0.2) is 0 Å². The van der Waals surface area contributed by atoms with Crippen molar-refractivity contribution in [1.82, 2.24) is 0 Å². The van der Waals surface area contributed by atoms with Gasteiger partial charge in [0, 0.05) is 0 Å². The van der Waals surface area contributed by atoms with Gasteiger partial charge in [0.05, 0.1) is 6.67 Å². The topological polar surface area (TPSA) is 0 Å². The quantitative estimate of drug-likeness (QED) is 0.211. The fourth-order valence-electron chi connectivity index (χ4n) is 6.17. The summed E-state index contributed by atoms with van der Waals surface area (Å²) in [5.74, 6) is 3.45. The Hall–Kier alpha value is -1.11. The number of rotatable bonds is 13. The van der Waals surface area contributed by atoms with Crippen LogP contribution in [0, 0.1) is 17.8 Å². The predicted octanol–water partition coefficient (Wildman–Crippen LogP) is 9.98. The van der Waals surface area contributed by atoms with E-state index in [1.165, 1.54) is 108 Å². The molecule has 2 saturated carbocycles. The standard InChI is InChI=1S/C31H49F/c1-2-3-4-5-6-9-27-17-21-30(22-18-27)31-23-19-29(20-24-31)16-15-28-13-11-26(12-14-28)10-7-8-25-32/h7,10,17-18,21-22,26,28-29,31H,2-6,8-9,11-16,19-20,23-25H2,1H3. The number of unbranched alkanes of at least 4 members (excludes halogenated alkanes) is 4. The minimum atomic E-state index is -0.210. The summed E-state index contributed by atoms with van der Waals surface area (Å²) >= 11 is 0. The molecule has 0 nitrogen and oxygen atoms in total. The van der Waals surface area contributed by atoms with Crippen molar-refractivity contribution < 1.29 is 4.39 Å². The highest BCUT2D eigenvalue weighted by Crippen LogP contribution is 2.40. The monoisotopic (exact) mass is 440 g/mol. The lowest BCUT2D eigenvalue weighted by Gasteiger charge is -2.31. The third-order valence-electron chi connectivity index (χ3n) is 8.43. The number of aryl methyl sites for hydroxylation is 1. The van der Waals surface area contributed by atoms with Gasteiger partial charge in [-0.1, -0.05) is 81.9 Å². The SMILES string of the molecule is CCCCCCCc1ccc(C2CCC(CCC3CCC(C=CCCF)CC3)CC2)cc1. The molecule has 1 heteroatoms. The average molecular weight is 441 g/mol. The summed E-state index contributed by atoms with van der Waals surface area (Å²) in [6.45, 7) is 2.08. The Balaban J connectivity index is 1.29. The van der Waals surface area contributed by atoms with Crippen molar-refractivity contribution in [2.45, 2.75) is 122 Å². The van der Waals surface area contributed by atoms with Gasteiger partial charge < -0.3 is 0 Å². The highest BCUT2D eigenvalue weighted by molar-refractivity contribution is 5.26. The van der Waals surface area contributed by atoms with Crippen molar-refractivity contribution in [3.05, 3.63) is 47.5 Å². The second-order valence-corrected chi connectivity index (χ2v) is 10.9. The van der Waals surface area contributed by atoms with Gasteiger partial charge in [-0.25, -0.2) is 0 Å². The molecule has 0 N–H and O–H groups in total. The second kappa shape index (κ2) is 14.9. The molecule has 180 valence electrons. The molecule has 1 aromatic carbocycles. The fraction of sp³-hybridized carbons (Fsp3) is 0.742. The molecule has 2 aliphatic carbocycles. The lowest BCUT2D eigenvalue weighted by Crippen LogP contribution is -2.17. The molecule has 0 aliphatic heterocycles. The zero-order chi connectivity index (χ0) is 22.4. The van der Waals surface area contributed by atoms with Crippen LogP contribution >= 0.6 is 0 Å². The molecule has 2 fully saturated rings. The molecular weight excluding hydrogens is 391 g/mol. The van der Waals surface area contributed by atoms with E-state index in [4.69, 9.17) is 0 Å². The molecule has 2 aliphatic rings. The second-order valence-electron chi connectivity index (χ2n) is 10.9. The Bertz CT molecular complexity index is 614. The number of halogens is 1. The molecule has 0 heterocycles. The van der Waals surface area contributed by atoms with Crippen molar-refractivity contribution in [2.24, 2.45) is 17.8 Å². The lowest BCUT2D eigenvalue weighted by molar-refractivity contribution is 0.246. The zero-order valence-electron chi connectivity index (χ0n) is 20.9. The molecule has 0 bridgehead atoms. The van der Waals surface area contributed by atoms with E-state index in [1.807, 2.05) is 0 Å². The number of hydrogen-bond donors (Lipinski definition) is 0. The summed E-state index contributed by atoms with van der Waals surface area (Å²) in [6, 6.07) is 9.69. The fourth-order valence-corrected chi connectivity index (χ4v) is 6.17. The highest BCUT2D eigenvalue weighted by Gasteiger charge is 2.24.